The number of nitrogens with zero attached hydrogens (tertiary/aromatic N) is 2. The lowest BCUT2D eigenvalue weighted by Gasteiger charge is -2.40. The summed E-state index contributed by atoms with van der Waals surface area (Å²) in [5, 5.41) is 9.29. The number of aryl methyl sites for hydroxylation is 1. The SMILES string of the molecule is Cc1ccc2nc(CC3CN(C(=O)C(C)(C)C)CCC3CC(=O)O)[nH]c2c1. The zero-order valence-electron chi connectivity index (χ0n) is 16.6. The second kappa shape index (κ2) is 7.33. The van der Waals surface area contributed by atoms with Crippen molar-refractivity contribution in [2.24, 2.45) is 17.3 Å². The molecule has 1 aromatic carbocycles. The number of carboxylic acid groups (broad SMARTS) is 1. The number of aromatic amines is 1. The van der Waals surface area contributed by atoms with E-state index in [0.29, 0.717) is 19.5 Å². The van der Waals surface area contributed by atoms with Crippen LogP contribution in [-0.2, 0) is 16.0 Å². The summed E-state index contributed by atoms with van der Waals surface area (Å²) in [5.74, 6) is 0.354. The van der Waals surface area contributed by atoms with Gasteiger partial charge in [0.25, 0.3) is 0 Å². The van der Waals surface area contributed by atoms with E-state index in [0.717, 1.165) is 23.3 Å². The van der Waals surface area contributed by atoms with Gasteiger partial charge in [-0.05, 0) is 42.9 Å². The number of hydrogen-bond acceptors (Lipinski definition) is 3. The smallest absolute Gasteiger partial charge is 0.303 e. The molecule has 146 valence electrons. The van der Waals surface area contributed by atoms with Gasteiger partial charge >= 0.3 is 5.97 Å². The lowest BCUT2D eigenvalue weighted by Crippen LogP contribution is -2.48. The van der Waals surface area contributed by atoms with Crippen LogP contribution in [0.1, 0.15) is 45.0 Å². The molecule has 0 saturated carbocycles. The Morgan fingerprint density at radius 2 is 2.04 bits per heavy atom. The van der Waals surface area contributed by atoms with Crippen LogP contribution in [0.5, 0.6) is 0 Å². The fraction of sp³-hybridized carbons (Fsp3) is 0.571. The van der Waals surface area contributed by atoms with Crippen LogP contribution >= 0.6 is 0 Å². The summed E-state index contributed by atoms with van der Waals surface area (Å²) in [6, 6.07) is 6.09. The van der Waals surface area contributed by atoms with Crippen molar-refractivity contribution in [2.45, 2.75) is 47.0 Å². The number of amides is 1. The van der Waals surface area contributed by atoms with E-state index in [2.05, 4.69) is 16.0 Å². The van der Waals surface area contributed by atoms with E-state index >= 15 is 0 Å². The van der Waals surface area contributed by atoms with Crippen molar-refractivity contribution < 1.29 is 14.7 Å². The molecule has 1 amide bonds. The predicted molar refractivity (Wildman–Crippen MR) is 104 cm³/mol. The zero-order valence-corrected chi connectivity index (χ0v) is 16.6. The average Bonchev–Trinajstić information content (AvgIpc) is 2.95. The normalized spacial score (nSPS) is 20.8. The van der Waals surface area contributed by atoms with Crippen LogP contribution in [0.3, 0.4) is 0 Å². The second-order valence-corrected chi connectivity index (χ2v) is 8.82. The molecule has 2 atom stereocenters. The zero-order chi connectivity index (χ0) is 19.8. The number of imidazole rings is 1. The molecule has 1 aromatic heterocycles. The quantitative estimate of drug-likeness (QED) is 0.862. The minimum Gasteiger partial charge on any atom is -0.481 e. The molecule has 0 radical (unpaired) electrons. The molecule has 3 rings (SSSR count). The summed E-state index contributed by atoms with van der Waals surface area (Å²) in [4.78, 5) is 34.0. The van der Waals surface area contributed by atoms with Crippen molar-refractivity contribution in [3.05, 3.63) is 29.6 Å². The number of likely N-dealkylation sites (tertiary alicyclic amines) is 1. The number of benzene rings is 1. The summed E-state index contributed by atoms with van der Waals surface area (Å²) >= 11 is 0. The van der Waals surface area contributed by atoms with Gasteiger partial charge in [0.05, 0.1) is 11.0 Å². The number of carboxylic acids is 1. The van der Waals surface area contributed by atoms with Crippen LogP contribution in [0.2, 0.25) is 0 Å². The number of carbonyl (C=O) groups excluding carboxylic acids is 1. The van der Waals surface area contributed by atoms with Gasteiger partial charge in [0, 0.05) is 31.3 Å². The van der Waals surface area contributed by atoms with Crippen LogP contribution in [0.25, 0.3) is 11.0 Å². The molecule has 2 aromatic rings. The minimum atomic E-state index is -0.777. The van der Waals surface area contributed by atoms with E-state index < -0.39 is 11.4 Å². The Hall–Kier alpha value is -2.37. The lowest BCUT2D eigenvalue weighted by atomic mass is 9.80. The van der Waals surface area contributed by atoms with Gasteiger partial charge in [-0.15, -0.1) is 0 Å². The van der Waals surface area contributed by atoms with Crippen LogP contribution in [0.15, 0.2) is 18.2 Å². The number of nitrogens with one attached hydrogen (secondary N) is 1. The molecular weight excluding hydrogens is 342 g/mol. The Morgan fingerprint density at radius 3 is 2.70 bits per heavy atom. The molecule has 0 spiro atoms. The first-order valence-electron chi connectivity index (χ1n) is 9.60. The average molecular weight is 371 g/mol. The maximum atomic E-state index is 12.7. The van der Waals surface area contributed by atoms with Crippen molar-refractivity contribution in [1.29, 1.82) is 0 Å². The number of aliphatic carboxylic acids is 1. The van der Waals surface area contributed by atoms with E-state index in [9.17, 15) is 14.7 Å². The highest BCUT2D eigenvalue weighted by Gasteiger charge is 2.36. The van der Waals surface area contributed by atoms with Gasteiger partial charge < -0.3 is 15.0 Å². The van der Waals surface area contributed by atoms with Gasteiger partial charge in [-0.2, -0.15) is 0 Å². The Balaban J connectivity index is 1.81. The summed E-state index contributed by atoms with van der Waals surface area (Å²) < 4.78 is 0. The third-order valence-electron chi connectivity index (χ3n) is 5.40. The first-order chi connectivity index (χ1) is 12.6. The molecule has 2 unspecified atom stereocenters. The van der Waals surface area contributed by atoms with Gasteiger partial charge in [-0.1, -0.05) is 26.8 Å². The van der Waals surface area contributed by atoms with Gasteiger partial charge in [-0.25, -0.2) is 4.98 Å². The highest BCUT2D eigenvalue weighted by molar-refractivity contribution is 5.81. The van der Waals surface area contributed by atoms with Crippen molar-refractivity contribution in [3.8, 4) is 0 Å². The molecule has 1 fully saturated rings. The molecule has 27 heavy (non-hydrogen) atoms. The highest BCUT2D eigenvalue weighted by atomic mass is 16.4. The molecule has 0 aliphatic carbocycles. The van der Waals surface area contributed by atoms with Gasteiger partial charge in [0.1, 0.15) is 5.82 Å². The minimum absolute atomic E-state index is 0.0569. The Kier molecular flexibility index (Phi) is 5.27. The Bertz CT molecular complexity index is 850. The molecule has 1 aliphatic heterocycles. The molecule has 2 N–H and O–H groups in total. The first kappa shape index (κ1) is 19.4. The van der Waals surface area contributed by atoms with Gasteiger partial charge in [0.2, 0.25) is 5.91 Å². The van der Waals surface area contributed by atoms with Gasteiger partial charge in [-0.3, -0.25) is 9.59 Å². The summed E-state index contributed by atoms with van der Waals surface area (Å²) in [6.07, 6.45) is 1.51. The molecule has 2 heterocycles. The topological polar surface area (TPSA) is 86.3 Å². The molecule has 6 heteroatoms. The van der Waals surface area contributed by atoms with E-state index in [1.54, 1.807) is 0 Å². The van der Waals surface area contributed by atoms with Crippen LogP contribution < -0.4 is 0 Å². The van der Waals surface area contributed by atoms with Crippen LogP contribution in [-0.4, -0.2) is 44.9 Å². The van der Waals surface area contributed by atoms with E-state index in [1.165, 1.54) is 5.56 Å². The van der Waals surface area contributed by atoms with Crippen LogP contribution in [0, 0.1) is 24.2 Å². The fourth-order valence-electron chi connectivity index (χ4n) is 3.99. The number of piperidine rings is 1. The standard InChI is InChI=1S/C21H29N3O3/c1-13-5-6-16-17(9-13)23-18(22-16)10-15-12-24(20(27)21(2,3)4)8-7-14(15)11-19(25)26/h5-6,9,14-15H,7-8,10-12H2,1-4H3,(H,22,23)(H,25,26). The van der Waals surface area contributed by atoms with Crippen molar-refractivity contribution in [1.82, 2.24) is 14.9 Å². The summed E-state index contributed by atoms with van der Waals surface area (Å²) in [5.41, 5.74) is 2.66. The third-order valence-corrected chi connectivity index (χ3v) is 5.40. The first-order valence-corrected chi connectivity index (χ1v) is 9.60. The van der Waals surface area contributed by atoms with E-state index in [4.69, 9.17) is 0 Å². The third kappa shape index (κ3) is 4.49. The molecular formula is C21H29N3O3. The summed E-state index contributed by atoms with van der Waals surface area (Å²) in [7, 11) is 0. The molecule has 1 aliphatic rings. The number of hydrogen-bond donors (Lipinski definition) is 2. The highest BCUT2D eigenvalue weighted by Crippen LogP contribution is 2.31. The predicted octanol–water partition coefficient (Wildman–Crippen LogP) is 3.40. The summed E-state index contributed by atoms with van der Waals surface area (Å²) in [6.45, 7) is 9.04. The van der Waals surface area contributed by atoms with E-state index in [1.807, 2.05) is 44.7 Å². The maximum Gasteiger partial charge on any atom is 0.303 e. The fourth-order valence-corrected chi connectivity index (χ4v) is 3.99. The number of rotatable bonds is 4. The number of aromatic nitrogens is 2. The largest absolute Gasteiger partial charge is 0.481 e. The molecule has 0 bridgehead atoms. The number of fused-ring (bicyclic) bond motifs is 1. The molecule has 6 nitrogen and oxygen atoms in total. The van der Waals surface area contributed by atoms with Crippen LogP contribution in [0.4, 0.5) is 0 Å². The Labute approximate surface area is 160 Å². The van der Waals surface area contributed by atoms with Crippen molar-refractivity contribution >= 4 is 22.9 Å². The lowest BCUT2D eigenvalue weighted by molar-refractivity contribution is -0.143. The van der Waals surface area contributed by atoms with E-state index in [-0.39, 0.29) is 24.2 Å². The molecule has 1 saturated heterocycles. The number of H-pyrrole nitrogens is 1. The van der Waals surface area contributed by atoms with Crippen molar-refractivity contribution in [2.75, 3.05) is 13.1 Å². The Morgan fingerprint density at radius 1 is 1.30 bits per heavy atom. The maximum absolute atomic E-state index is 12.7. The number of carbonyl (C=O) groups is 2. The monoisotopic (exact) mass is 371 g/mol. The van der Waals surface area contributed by atoms with Crippen molar-refractivity contribution in [3.63, 3.8) is 0 Å². The second-order valence-electron chi connectivity index (χ2n) is 8.82. The van der Waals surface area contributed by atoms with Gasteiger partial charge in [0.15, 0.2) is 0 Å².